The highest BCUT2D eigenvalue weighted by Gasteiger charge is 2.39. The quantitative estimate of drug-likeness (QED) is 0.254. The standard InChI is InChI=1S/C21H35ClN6.HI/c1-23-20(24-11-8-18-6-7-19(22)25-16-18)26-17-21(9-14-27(2)15-10-21)28-12-4-3-5-13-28;/h6-7,16H,3-5,8-15,17H2,1-2H3,(H2,23,24,26);1H. The van der Waals surface area contributed by atoms with Crippen LogP contribution in [0, 0.1) is 0 Å². The number of rotatable bonds is 6. The van der Waals surface area contributed by atoms with Gasteiger partial charge in [-0.15, -0.1) is 24.0 Å². The fraction of sp³-hybridized carbons (Fsp3) is 0.714. The molecule has 0 bridgehead atoms. The van der Waals surface area contributed by atoms with Crippen molar-refractivity contribution in [2.24, 2.45) is 4.99 Å². The van der Waals surface area contributed by atoms with Crippen LogP contribution in [-0.2, 0) is 6.42 Å². The molecule has 2 N–H and O–H groups in total. The first-order valence-electron chi connectivity index (χ1n) is 10.6. The van der Waals surface area contributed by atoms with E-state index in [1.165, 1.54) is 63.8 Å². The fourth-order valence-electron chi connectivity index (χ4n) is 4.36. The summed E-state index contributed by atoms with van der Waals surface area (Å²) >= 11 is 5.86. The van der Waals surface area contributed by atoms with Gasteiger partial charge in [0, 0.05) is 31.9 Å². The summed E-state index contributed by atoms with van der Waals surface area (Å²) < 4.78 is 0. The molecule has 1 aromatic heterocycles. The van der Waals surface area contributed by atoms with Crippen molar-refractivity contribution in [1.82, 2.24) is 25.4 Å². The van der Waals surface area contributed by atoms with Crippen molar-refractivity contribution in [3.63, 3.8) is 0 Å². The Morgan fingerprint density at radius 1 is 1.14 bits per heavy atom. The number of nitrogens with zero attached hydrogens (tertiary/aromatic N) is 4. The number of aromatic nitrogens is 1. The number of pyridine rings is 1. The Hall–Kier alpha value is -0.640. The molecule has 0 spiro atoms. The second-order valence-electron chi connectivity index (χ2n) is 8.17. The predicted octanol–water partition coefficient (Wildman–Crippen LogP) is 3.01. The number of guanidine groups is 1. The normalized spacial score (nSPS) is 20.7. The molecule has 164 valence electrons. The minimum atomic E-state index is 0. The molecule has 0 saturated carbocycles. The Balaban J connectivity index is 0.00000300. The maximum absolute atomic E-state index is 5.86. The summed E-state index contributed by atoms with van der Waals surface area (Å²) in [5.74, 6) is 0.886. The molecule has 0 aliphatic carbocycles. The Morgan fingerprint density at radius 2 is 1.86 bits per heavy atom. The molecule has 6 nitrogen and oxygen atoms in total. The molecule has 2 aliphatic rings. The number of piperidine rings is 2. The van der Waals surface area contributed by atoms with Crippen LogP contribution in [0.5, 0.6) is 0 Å². The van der Waals surface area contributed by atoms with Crippen LogP contribution in [0.15, 0.2) is 23.3 Å². The summed E-state index contributed by atoms with van der Waals surface area (Å²) in [6, 6.07) is 3.86. The summed E-state index contributed by atoms with van der Waals surface area (Å²) in [6.07, 6.45) is 9.23. The Kier molecular flexibility index (Phi) is 10.4. The van der Waals surface area contributed by atoms with Gasteiger partial charge in [-0.05, 0) is 77.0 Å². The predicted molar refractivity (Wildman–Crippen MR) is 133 cm³/mol. The van der Waals surface area contributed by atoms with Crippen molar-refractivity contribution in [2.45, 2.75) is 44.1 Å². The lowest BCUT2D eigenvalue weighted by Gasteiger charge is -2.50. The van der Waals surface area contributed by atoms with Crippen LogP contribution in [0.25, 0.3) is 0 Å². The van der Waals surface area contributed by atoms with Gasteiger partial charge in [-0.2, -0.15) is 0 Å². The van der Waals surface area contributed by atoms with E-state index >= 15 is 0 Å². The first kappa shape index (κ1) is 24.6. The first-order chi connectivity index (χ1) is 13.6. The van der Waals surface area contributed by atoms with E-state index < -0.39 is 0 Å². The average Bonchev–Trinajstić information content (AvgIpc) is 2.74. The lowest BCUT2D eigenvalue weighted by atomic mass is 9.84. The van der Waals surface area contributed by atoms with E-state index in [1.54, 1.807) is 0 Å². The minimum absolute atomic E-state index is 0. The molecule has 29 heavy (non-hydrogen) atoms. The highest BCUT2D eigenvalue weighted by atomic mass is 127. The SMILES string of the molecule is CN=C(NCCc1ccc(Cl)nc1)NCC1(N2CCCCC2)CCN(C)CC1.I. The molecule has 3 heterocycles. The molecular weight excluding hydrogens is 499 g/mol. The first-order valence-corrected chi connectivity index (χ1v) is 11.0. The fourth-order valence-corrected chi connectivity index (χ4v) is 4.47. The number of nitrogens with one attached hydrogen (secondary N) is 2. The maximum Gasteiger partial charge on any atom is 0.191 e. The van der Waals surface area contributed by atoms with Crippen LogP contribution >= 0.6 is 35.6 Å². The number of aliphatic imine (C=N–C) groups is 1. The molecule has 0 aromatic carbocycles. The number of hydrogen-bond acceptors (Lipinski definition) is 4. The second-order valence-corrected chi connectivity index (χ2v) is 8.55. The van der Waals surface area contributed by atoms with Crippen molar-refractivity contribution in [3.05, 3.63) is 29.0 Å². The van der Waals surface area contributed by atoms with Gasteiger partial charge >= 0.3 is 0 Å². The van der Waals surface area contributed by atoms with Crippen LogP contribution in [-0.4, -0.2) is 79.6 Å². The summed E-state index contributed by atoms with van der Waals surface area (Å²) in [5.41, 5.74) is 1.43. The van der Waals surface area contributed by atoms with Crippen LogP contribution in [0.1, 0.15) is 37.7 Å². The smallest absolute Gasteiger partial charge is 0.191 e. The second kappa shape index (κ2) is 12.3. The molecule has 2 aliphatic heterocycles. The third-order valence-electron chi connectivity index (χ3n) is 6.25. The summed E-state index contributed by atoms with van der Waals surface area (Å²) in [5, 5.41) is 7.62. The van der Waals surface area contributed by atoms with E-state index in [2.05, 4.69) is 37.5 Å². The van der Waals surface area contributed by atoms with E-state index in [0.717, 1.165) is 25.5 Å². The lowest BCUT2D eigenvalue weighted by molar-refractivity contribution is 0.0173. The molecule has 2 fully saturated rings. The zero-order valence-electron chi connectivity index (χ0n) is 17.8. The molecule has 8 heteroatoms. The van der Waals surface area contributed by atoms with E-state index in [-0.39, 0.29) is 29.5 Å². The summed E-state index contributed by atoms with van der Waals surface area (Å²) in [6.45, 7) is 6.61. The van der Waals surface area contributed by atoms with Crippen molar-refractivity contribution in [1.29, 1.82) is 0 Å². The average molecular weight is 535 g/mol. The minimum Gasteiger partial charge on any atom is -0.356 e. The highest BCUT2D eigenvalue weighted by Crippen LogP contribution is 2.30. The van der Waals surface area contributed by atoms with Gasteiger partial charge in [-0.3, -0.25) is 9.89 Å². The third kappa shape index (κ3) is 7.22. The molecule has 3 rings (SSSR count). The lowest BCUT2D eigenvalue weighted by Crippen LogP contribution is -2.62. The van der Waals surface area contributed by atoms with E-state index in [9.17, 15) is 0 Å². The Bertz CT molecular complexity index is 625. The molecule has 0 radical (unpaired) electrons. The van der Waals surface area contributed by atoms with E-state index in [0.29, 0.717) is 5.15 Å². The van der Waals surface area contributed by atoms with Crippen LogP contribution < -0.4 is 10.6 Å². The topological polar surface area (TPSA) is 55.8 Å². The number of likely N-dealkylation sites (tertiary alicyclic amines) is 2. The molecule has 1 aromatic rings. The van der Waals surface area contributed by atoms with Crippen LogP contribution in [0.2, 0.25) is 5.15 Å². The van der Waals surface area contributed by atoms with Gasteiger partial charge < -0.3 is 15.5 Å². The zero-order valence-corrected chi connectivity index (χ0v) is 20.9. The van der Waals surface area contributed by atoms with Crippen LogP contribution in [0.4, 0.5) is 0 Å². The van der Waals surface area contributed by atoms with Crippen LogP contribution in [0.3, 0.4) is 0 Å². The summed E-state index contributed by atoms with van der Waals surface area (Å²) in [7, 11) is 4.08. The molecular formula is C21H36ClIN6. The molecule has 2 saturated heterocycles. The monoisotopic (exact) mass is 534 g/mol. The largest absolute Gasteiger partial charge is 0.356 e. The van der Waals surface area contributed by atoms with Gasteiger partial charge in [0.05, 0.1) is 0 Å². The molecule has 0 amide bonds. The number of hydrogen-bond donors (Lipinski definition) is 2. The Labute approximate surface area is 197 Å². The van der Waals surface area contributed by atoms with Gasteiger partial charge in [0.25, 0.3) is 0 Å². The van der Waals surface area contributed by atoms with Gasteiger partial charge in [0.1, 0.15) is 5.15 Å². The molecule has 0 atom stereocenters. The summed E-state index contributed by atoms with van der Waals surface area (Å²) in [4.78, 5) is 13.8. The molecule has 0 unspecified atom stereocenters. The van der Waals surface area contributed by atoms with Gasteiger partial charge in [-0.25, -0.2) is 4.98 Å². The maximum atomic E-state index is 5.86. The Morgan fingerprint density at radius 3 is 2.48 bits per heavy atom. The van der Waals surface area contributed by atoms with E-state index in [4.69, 9.17) is 11.6 Å². The van der Waals surface area contributed by atoms with Gasteiger partial charge in [-0.1, -0.05) is 24.1 Å². The van der Waals surface area contributed by atoms with Gasteiger partial charge in [0.2, 0.25) is 0 Å². The zero-order chi connectivity index (χ0) is 19.8. The van der Waals surface area contributed by atoms with Gasteiger partial charge in [0.15, 0.2) is 5.96 Å². The number of halogens is 2. The van der Waals surface area contributed by atoms with E-state index in [1.807, 2.05) is 25.4 Å². The highest BCUT2D eigenvalue weighted by molar-refractivity contribution is 14.0. The van der Waals surface area contributed by atoms with Crippen molar-refractivity contribution in [3.8, 4) is 0 Å². The van der Waals surface area contributed by atoms with Crippen molar-refractivity contribution < 1.29 is 0 Å². The third-order valence-corrected chi connectivity index (χ3v) is 6.47. The van der Waals surface area contributed by atoms with Crippen molar-refractivity contribution in [2.75, 3.05) is 53.4 Å². The van der Waals surface area contributed by atoms with Crippen molar-refractivity contribution >= 4 is 41.5 Å².